The van der Waals surface area contributed by atoms with Crippen molar-refractivity contribution in [3.63, 3.8) is 0 Å². The van der Waals surface area contributed by atoms with Crippen molar-refractivity contribution in [1.29, 1.82) is 0 Å². The first kappa shape index (κ1) is 27.5. The van der Waals surface area contributed by atoms with E-state index in [1.807, 2.05) is 24.3 Å². The molecule has 41 heavy (non-hydrogen) atoms. The summed E-state index contributed by atoms with van der Waals surface area (Å²) in [6.07, 6.45) is 5.40. The summed E-state index contributed by atoms with van der Waals surface area (Å²) in [5, 5.41) is 12.6. The minimum absolute atomic E-state index is 0.000660. The molecule has 0 bridgehead atoms. The largest absolute Gasteiger partial charge is 0.373 e. The van der Waals surface area contributed by atoms with Crippen LogP contribution >= 0.6 is 0 Å². The van der Waals surface area contributed by atoms with Crippen molar-refractivity contribution in [2.75, 3.05) is 38.5 Å². The minimum Gasteiger partial charge on any atom is -0.348 e. The van der Waals surface area contributed by atoms with Crippen LogP contribution in [0.15, 0.2) is 66.9 Å². The molecule has 9 heteroatoms. The van der Waals surface area contributed by atoms with E-state index < -0.39 is 0 Å². The Hall–Kier alpha value is -3.66. The number of nitrogens with one attached hydrogen (secondary N) is 3. The van der Waals surface area contributed by atoms with Crippen molar-refractivity contribution in [3.8, 4) is 0 Å². The van der Waals surface area contributed by atoms with Gasteiger partial charge in [-0.1, -0.05) is 42.5 Å². The average Bonchev–Trinajstić information content (AvgIpc) is 3.25. The third-order valence-electron chi connectivity index (χ3n) is 9.00. The fourth-order valence-electron chi connectivity index (χ4n) is 7.01. The molecular weight excluding hydrogens is 517 g/mol. The average molecular weight is 557 g/mol. The number of carbonyl (C=O) groups is 1. The molecule has 214 valence electrons. The van der Waals surface area contributed by atoms with Gasteiger partial charge in [0.25, 0.3) is 0 Å². The fraction of sp³-hybridized carbons (Fsp3) is 0.406. The summed E-state index contributed by atoms with van der Waals surface area (Å²) in [6.45, 7) is 5.62. The fourth-order valence-corrected chi connectivity index (χ4v) is 7.01. The standard InChI is InChI=1S/C32H39FN7O/c1-22(23-6-4-3-5-7-23)37-32-36-21-16-28(38-32)30-29(24-8-10-25(33)11-9-24)31(41)40(39(30)2,26-12-17-34-18-13-26)27-14-19-35-20-15-27/h3-11,16,21-22,26-27,34-35H,12-15,17-20H2,1-2H3,(H,36,37,38)/q+1. The summed E-state index contributed by atoms with van der Waals surface area (Å²) < 4.78 is 14.3. The van der Waals surface area contributed by atoms with E-state index in [1.54, 1.807) is 18.3 Å². The van der Waals surface area contributed by atoms with E-state index >= 15 is 4.79 Å². The smallest absolute Gasteiger partial charge is 0.348 e. The van der Waals surface area contributed by atoms with Gasteiger partial charge >= 0.3 is 5.91 Å². The molecule has 0 aliphatic carbocycles. The number of halogens is 1. The quantitative estimate of drug-likeness (QED) is 0.373. The van der Waals surface area contributed by atoms with E-state index in [4.69, 9.17) is 4.98 Å². The van der Waals surface area contributed by atoms with E-state index in [0.29, 0.717) is 22.8 Å². The van der Waals surface area contributed by atoms with Gasteiger partial charge in [-0.2, -0.15) is 0 Å². The molecule has 3 aliphatic heterocycles. The van der Waals surface area contributed by atoms with E-state index in [1.165, 1.54) is 12.1 Å². The van der Waals surface area contributed by atoms with Gasteiger partial charge < -0.3 is 16.0 Å². The topological polar surface area (TPSA) is 82.2 Å². The van der Waals surface area contributed by atoms with Crippen LogP contribution < -0.4 is 16.0 Å². The maximum Gasteiger partial charge on any atom is 0.373 e. The molecule has 6 rings (SSSR count). The van der Waals surface area contributed by atoms with Gasteiger partial charge in [0.1, 0.15) is 29.2 Å². The summed E-state index contributed by atoms with van der Waals surface area (Å²) in [7, 11) is 2.05. The second-order valence-electron chi connectivity index (χ2n) is 11.3. The molecular formula is C32H39FN7O+. The van der Waals surface area contributed by atoms with Gasteiger partial charge in [0.2, 0.25) is 5.95 Å². The highest BCUT2D eigenvalue weighted by Crippen LogP contribution is 2.47. The Labute approximate surface area is 241 Å². The van der Waals surface area contributed by atoms with Gasteiger partial charge in [-0.15, -0.1) is 4.59 Å². The van der Waals surface area contributed by atoms with Crippen molar-refractivity contribution in [2.45, 2.75) is 50.7 Å². The van der Waals surface area contributed by atoms with Crippen molar-refractivity contribution in [1.82, 2.24) is 25.6 Å². The van der Waals surface area contributed by atoms with Crippen molar-refractivity contribution < 1.29 is 13.8 Å². The van der Waals surface area contributed by atoms with Gasteiger partial charge in [-0.3, -0.25) is 0 Å². The number of anilines is 1. The monoisotopic (exact) mass is 556 g/mol. The number of quaternary nitrogens is 1. The highest BCUT2D eigenvalue weighted by Gasteiger charge is 2.61. The van der Waals surface area contributed by atoms with Crippen LogP contribution in [0.2, 0.25) is 0 Å². The lowest BCUT2D eigenvalue weighted by Gasteiger charge is -2.51. The Morgan fingerprint density at radius 1 is 0.927 bits per heavy atom. The van der Waals surface area contributed by atoms with E-state index in [2.05, 4.69) is 52.0 Å². The number of carbonyl (C=O) groups excluding carboxylic acids is 1. The highest BCUT2D eigenvalue weighted by molar-refractivity contribution is 6.25. The molecule has 1 atom stereocenters. The number of hydrogen-bond donors (Lipinski definition) is 3. The van der Waals surface area contributed by atoms with Crippen LogP contribution in [0.4, 0.5) is 10.3 Å². The predicted molar refractivity (Wildman–Crippen MR) is 159 cm³/mol. The van der Waals surface area contributed by atoms with Crippen LogP contribution in [0, 0.1) is 5.82 Å². The van der Waals surface area contributed by atoms with Gasteiger partial charge in [0, 0.05) is 58.1 Å². The number of nitrogens with zero attached hydrogens (tertiary/aromatic N) is 4. The summed E-state index contributed by atoms with van der Waals surface area (Å²) in [5.74, 6) is 0.258. The second-order valence-corrected chi connectivity index (χ2v) is 11.3. The number of rotatable bonds is 7. The molecule has 0 spiro atoms. The molecule has 0 saturated carbocycles. The lowest BCUT2D eigenvalue weighted by Crippen LogP contribution is -2.71. The van der Waals surface area contributed by atoms with Gasteiger partial charge in [0.05, 0.1) is 18.8 Å². The minimum atomic E-state index is -0.324. The zero-order valence-corrected chi connectivity index (χ0v) is 23.8. The third kappa shape index (κ3) is 5.03. The molecule has 8 nitrogen and oxygen atoms in total. The molecule has 4 heterocycles. The molecule has 1 unspecified atom stereocenters. The Bertz CT molecular complexity index is 1380. The van der Waals surface area contributed by atoms with E-state index in [0.717, 1.165) is 63.1 Å². The third-order valence-corrected chi connectivity index (χ3v) is 9.00. The van der Waals surface area contributed by atoms with Crippen LogP contribution in [-0.2, 0) is 4.79 Å². The zero-order chi connectivity index (χ0) is 28.4. The maximum absolute atomic E-state index is 15.0. The van der Waals surface area contributed by atoms with Crippen LogP contribution in [-0.4, -0.2) is 70.8 Å². The van der Waals surface area contributed by atoms with Crippen molar-refractivity contribution in [3.05, 3.63) is 89.5 Å². The lowest BCUT2D eigenvalue weighted by atomic mass is 9.94. The second kappa shape index (κ2) is 11.7. The SMILES string of the molecule is CC(Nc1nccc(C2=C(c3ccc(F)cc3)C(=O)[N+](C3CCNCC3)(C3CCNCC3)N2C)n1)c1ccccc1. The van der Waals surface area contributed by atoms with Crippen LogP contribution in [0.25, 0.3) is 11.3 Å². The first-order valence-corrected chi connectivity index (χ1v) is 14.7. The summed E-state index contributed by atoms with van der Waals surface area (Å²) in [4.78, 5) is 24.5. The summed E-state index contributed by atoms with van der Waals surface area (Å²) >= 11 is 0. The molecule has 3 aliphatic rings. The Kier molecular flexibility index (Phi) is 7.84. The van der Waals surface area contributed by atoms with Crippen LogP contribution in [0.5, 0.6) is 0 Å². The normalized spacial score (nSPS) is 20.9. The van der Waals surface area contributed by atoms with Gasteiger partial charge in [0.15, 0.2) is 0 Å². The Morgan fingerprint density at radius 2 is 1.54 bits per heavy atom. The number of piperidine rings is 2. The summed E-state index contributed by atoms with van der Waals surface area (Å²) in [5.41, 5.74) is 3.91. The molecule has 1 amide bonds. The molecule has 0 radical (unpaired) electrons. The van der Waals surface area contributed by atoms with Crippen molar-refractivity contribution >= 4 is 23.1 Å². The first-order valence-electron chi connectivity index (χ1n) is 14.7. The molecule has 1 aromatic heterocycles. The zero-order valence-electron chi connectivity index (χ0n) is 23.8. The van der Waals surface area contributed by atoms with E-state index in [-0.39, 0.29) is 34.4 Å². The van der Waals surface area contributed by atoms with Crippen LogP contribution in [0.3, 0.4) is 0 Å². The molecule has 2 aromatic carbocycles. The number of benzene rings is 2. The first-order chi connectivity index (χ1) is 20.0. The lowest BCUT2D eigenvalue weighted by molar-refractivity contribution is -0.992. The van der Waals surface area contributed by atoms with Crippen LogP contribution in [0.1, 0.15) is 55.5 Å². The molecule has 3 aromatic rings. The van der Waals surface area contributed by atoms with Gasteiger partial charge in [-0.25, -0.2) is 24.2 Å². The Morgan fingerprint density at radius 3 is 2.15 bits per heavy atom. The van der Waals surface area contributed by atoms with E-state index in [9.17, 15) is 4.39 Å². The number of aromatic nitrogens is 2. The highest BCUT2D eigenvalue weighted by atomic mass is 19.1. The molecule has 2 saturated heterocycles. The predicted octanol–water partition coefficient (Wildman–Crippen LogP) is 4.36. The molecule has 3 N–H and O–H groups in total. The summed E-state index contributed by atoms with van der Waals surface area (Å²) in [6, 6.07) is 18.7. The van der Waals surface area contributed by atoms with Gasteiger partial charge in [-0.05, 0) is 36.2 Å². The maximum atomic E-state index is 15.0. The Balaban J connectivity index is 1.47. The number of amides is 1. The number of hydrogen-bond acceptors (Lipinski definition) is 7. The molecule has 2 fully saturated rings. The van der Waals surface area contributed by atoms with Crippen molar-refractivity contribution in [2.24, 2.45) is 0 Å².